The van der Waals surface area contributed by atoms with E-state index < -0.39 is 0 Å². The first-order valence-electron chi connectivity index (χ1n) is 5.01. The zero-order chi connectivity index (χ0) is 10.0. The molecule has 0 saturated heterocycles. The van der Waals surface area contributed by atoms with E-state index in [2.05, 4.69) is 4.99 Å². The molecule has 0 atom stereocenters. The van der Waals surface area contributed by atoms with Gasteiger partial charge in [0.05, 0.1) is 17.4 Å². The molecule has 1 fully saturated rings. The summed E-state index contributed by atoms with van der Waals surface area (Å²) in [6.07, 6.45) is 4.72. The summed E-state index contributed by atoms with van der Waals surface area (Å²) in [5, 5.41) is 1.03. The smallest absolute Gasteiger partial charge is 0.256 e. The van der Waals surface area contributed by atoms with Crippen molar-refractivity contribution in [3.05, 3.63) is 0 Å². The Bertz CT molecular complexity index is 269. The number of methoxy groups -OCH3 is 1. The molecule has 0 unspecified atom stereocenters. The van der Waals surface area contributed by atoms with Gasteiger partial charge in [-0.1, -0.05) is 24.6 Å². The lowest BCUT2D eigenvalue weighted by Gasteiger charge is -2.27. The molecule has 4 heteroatoms. The SMILES string of the molecule is COCC1(C2=NC(=O)CS2)CCCC1. The van der Waals surface area contributed by atoms with E-state index in [1.54, 1.807) is 18.9 Å². The van der Waals surface area contributed by atoms with Crippen LogP contribution in [0, 0.1) is 5.41 Å². The third-order valence-electron chi connectivity index (χ3n) is 2.99. The van der Waals surface area contributed by atoms with Crippen molar-refractivity contribution in [1.82, 2.24) is 0 Å². The van der Waals surface area contributed by atoms with Gasteiger partial charge < -0.3 is 4.74 Å². The molecule has 0 spiro atoms. The zero-order valence-electron chi connectivity index (χ0n) is 8.41. The van der Waals surface area contributed by atoms with Crippen LogP contribution in [-0.4, -0.2) is 30.4 Å². The van der Waals surface area contributed by atoms with Crippen molar-refractivity contribution < 1.29 is 9.53 Å². The van der Waals surface area contributed by atoms with Gasteiger partial charge in [0.2, 0.25) is 0 Å². The fraction of sp³-hybridized carbons (Fsp3) is 0.800. The van der Waals surface area contributed by atoms with Crippen LogP contribution >= 0.6 is 11.8 Å². The van der Waals surface area contributed by atoms with Crippen molar-refractivity contribution in [2.24, 2.45) is 10.4 Å². The number of carbonyl (C=O) groups excluding carboxylic acids is 1. The maximum Gasteiger partial charge on any atom is 0.256 e. The highest BCUT2D eigenvalue weighted by Crippen LogP contribution is 2.44. The molecule has 1 amide bonds. The Morgan fingerprint density at radius 2 is 2.21 bits per heavy atom. The summed E-state index contributed by atoms with van der Waals surface area (Å²) in [6.45, 7) is 0.714. The standard InChI is InChI=1S/C10H15NO2S/c1-13-7-10(4-2-3-5-10)9-11-8(12)6-14-9/h2-7H2,1H3. The molecule has 3 nitrogen and oxygen atoms in total. The van der Waals surface area contributed by atoms with Gasteiger partial charge in [0.15, 0.2) is 0 Å². The predicted octanol–water partition coefficient (Wildman–Crippen LogP) is 1.87. The van der Waals surface area contributed by atoms with E-state index in [9.17, 15) is 4.79 Å². The molecule has 0 N–H and O–H groups in total. The minimum atomic E-state index is 0.0207. The number of thioether (sulfide) groups is 1. The molecule has 0 aromatic heterocycles. The lowest BCUT2D eigenvalue weighted by molar-refractivity contribution is -0.115. The lowest BCUT2D eigenvalue weighted by Crippen LogP contribution is -2.30. The van der Waals surface area contributed by atoms with Crippen LogP contribution in [0.5, 0.6) is 0 Å². The van der Waals surface area contributed by atoms with E-state index in [1.165, 1.54) is 12.8 Å². The Labute approximate surface area is 88.3 Å². The number of amides is 1. The summed E-state index contributed by atoms with van der Waals surface area (Å²) in [5.74, 6) is 0.549. The molecule has 2 rings (SSSR count). The Balaban J connectivity index is 2.18. The topological polar surface area (TPSA) is 38.7 Å². The van der Waals surface area contributed by atoms with Gasteiger partial charge in [-0.15, -0.1) is 0 Å². The van der Waals surface area contributed by atoms with E-state index in [0.29, 0.717) is 12.4 Å². The van der Waals surface area contributed by atoms with Crippen LogP contribution < -0.4 is 0 Å². The van der Waals surface area contributed by atoms with Crippen LogP contribution in [0.25, 0.3) is 0 Å². The fourth-order valence-corrected chi connectivity index (χ4v) is 3.39. The fourth-order valence-electron chi connectivity index (χ4n) is 2.33. The minimum absolute atomic E-state index is 0.0207. The van der Waals surface area contributed by atoms with Gasteiger partial charge in [-0.3, -0.25) is 4.79 Å². The largest absolute Gasteiger partial charge is 0.384 e. The van der Waals surface area contributed by atoms with Crippen molar-refractivity contribution in [2.45, 2.75) is 25.7 Å². The first-order valence-corrected chi connectivity index (χ1v) is 5.99. The van der Waals surface area contributed by atoms with E-state index in [4.69, 9.17) is 4.74 Å². The van der Waals surface area contributed by atoms with Gasteiger partial charge in [-0.25, -0.2) is 4.99 Å². The first-order chi connectivity index (χ1) is 6.77. The first kappa shape index (κ1) is 10.2. The molecular formula is C10H15NO2S. The monoisotopic (exact) mass is 213 g/mol. The maximum atomic E-state index is 11.1. The normalized spacial score (nSPS) is 25.5. The average molecular weight is 213 g/mol. The maximum absolute atomic E-state index is 11.1. The van der Waals surface area contributed by atoms with Crippen LogP contribution in [0.15, 0.2) is 4.99 Å². The highest BCUT2D eigenvalue weighted by molar-refractivity contribution is 8.15. The molecule has 14 heavy (non-hydrogen) atoms. The number of nitrogens with zero attached hydrogens (tertiary/aromatic N) is 1. The summed E-state index contributed by atoms with van der Waals surface area (Å²) < 4.78 is 5.27. The number of hydrogen-bond donors (Lipinski definition) is 0. The van der Waals surface area contributed by atoms with Crippen LogP contribution in [0.4, 0.5) is 0 Å². The number of hydrogen-bond acceptors (Lipinski definition) is 3. The highest BCUT2D eigenvalue weighted by atomic mass is 32.2. The molecular weight excluding hydrogens is 198 g/mol. The molecule has 1 aliphatic carbocycles. The van der Waals surface area contributed by atoms with Crippen molar-refractivity contribution >= 4 is 22.7 Å². The van der Waals surface area contributed by atoms with E-state index in [1.807, 2.05) is 0 Å². The Hall–Kier alpha value is -0.350. The van der Waals surface area contributed by atoms with Gasteiger partial charge in [0.1, 0.15) is 0 Å². The highest BCUT2D eigenvalue weighted by Gasteiger charge is 2.41. The predicted molar refractivity (Wildman–Crippen MR) is 57.7 cm³/mol. The van der Waals surface area contributed by atoms with E-state index >= 15 is 0 Å². The number of aliphatic imine (C=N–C) groups is 1. The second-order valence-corrected chi connectivity index (χ2v) is 4.98. The van der Waals surface area contributed by atoms with E-state index in [-0.39, 0.29) is 11.3 Å². The molecule has 0 radical (unpaired) electrons. The molecule has 2 aliphatic rings. The summed E-state index contributed by atoms with van der Waals surface area (Å²) in [4.78, 5) is 15.2. The van der Waals surface area contributed by atoms with Gasteiger partial charge in [0, 0.05) is 12.5 Å². The van der Waals surface area contributed by atoms with Gasteiger partial charge >= 0.3 is 0 Å². The van der Waals surface area contributed by atoms with Crippen LogP contribution in [0.3, 0.4) is 0 Å². The van der Waals surface area contributed by atoms with Crippen LogP contribution in [0.1, 0.15) is 25.7 Å². The molecule has 1 heterocycles. The second-order valence-electron chi connectivity index (χ2n) is 4.02. The number of ether oxygens (including phenoxy) is 1. The van der Waals surface area contributed by atoms with Crippen molar-refractivity contribution in [2.75, 3.05) is 19.5 Å². The van der Waals surface area contributed by atoms with Crippen molar-refractivity contribution in [3.63, 3.8) is 0 Å². The summed E-state index contributed by atoms with van der Waals surface area (Å²) in [5.41, 5.74) is 0.0750. The van der Waals surface area contributed by atoms with Crippen molar-refractivity contribution in [1.29, 1.82) is 0 Å². The van der Waals surface area contributed by atoms with E-state index in [0.717, 1.165) is 17.9 Å². The molecule has 1 aliphatic heterocycles. The molecule has 0 aromatic carbocycles. The molecule has 1 saturated carbocycles. The second kappa shape index (κ2) is 4.03. The summed E-state index contributed by atoms with van der Waals surface area (Å²) in [6, 6.07) is 0. The average Bonchev–Trinajstić information content (AvgIpc) is 2.75. The number of carbonyl (C=O) groups is 1. The minimum Gasteiger partial charge on any atom is -0.384 e. The Morgan fingerprint density at radius 1 is 1.50 bits per heavy atom. The van der Waals surface area contributed by atoms with Gasteiger partial charge in [-0.2, -0.15) is 0 Å². The summed E-state index contributed by atoms with van der Waals surface area (Å²) in [7, 11) is 1.72. The molecule has 0 bridgehead atoms. The quantitative estimate of drug-likeness (QED) is 0.718. The third-order valence-corrected chi connectivity index (χ3v) is 4.18. The molecule has 0 aromatic rings. The van der Waals surface area contributed by atoms with Crippen LogP contribution in [0.2, 0.25) is 0 Å². The molecule has 78 valence electrons. The number of rotatable bonds is 3. The Morgan fingerprint density at radius 3 is 2.71 bits per heavy atom. The van der Waals surface area contributed by atoms with Crippen molar-refractivity contribution in [3.8, 4) is 0 Å². The zero-order valence-corrected chi connectivity index (χ0v) is 9.23. The van der Waals surface area contributed by atoms with Crippen LogP contribution in [-0.2, 0) is 9.53 Å². The lowest BCUT2D eigenvalue weighted by atomic mass is 9.88. The Kier molecular flexibility index (Phi) is 2.93. The van der Waals surface area contributed by atoms with Gasteiger partial charge in [0.25, 0.3) is 5.91 Å². The van der Waals surface area contributed by atoms with Gasteiger partial charge in [-0.05, 0) is 12.8 Å². The summed E-state index contributed by atoms with van der Waals surface area (Å²) >= 11 is 1.61. The third kappa shape index (κ3) is 1.73.